The summed E-state index contributed by atoms with van der Waals surface area (Å²) in [4.78, 5) is 72.3. The zero-order chi connectivity index (χ0) is 50.6. The zero-order valence-corrected chi connectivity index (χ0v) is 42.5. The van der Waals surface area contributed by atoms with Crippen molar-refractivity contribution in [1.29, 1.82) is 0 Å². The molecular weight excluding hydrogens is 887 g/mol. The lowest BCUT2D eigenvalue weighted by Crippen LogP contribution is -2.61. The van der Waals surface area contributed by atoms with Crippen molar-refractivity contribution in [3.63, 3.8) is 0 Å². The molecule has 0 radical (unpaired) electrons. The molecular formula is C52H79N5O12. The maximum Gasteiger partial charge on any atom is 0.329 e. The van der Waals surface area contributed by atoms with E-state index >= 15 is 0 Å². The first-order chi connectivity index (χ1) is 32.8. The Labute approximate surface area is 408 Å². The lowest BCUT2D eigenvalue weighted by Gasteiger charge is -2.42. The van der Waals surface area contributed by atoms with Crippen LogP contribution in [0.5, 0.6) is 0 Å². The Morgan fingerprint density at radius 1 is 0.884 bits per heavy atom. The number of piperidine rings is 1. The lowest BCUT2D eigenvalue weighted by molar-refractivity contribution is -0.265. The van der Waals surface area contributed by atoms with Crippen molar-refractivity contribution in [3.8, 4) is 0 Å². The maximum absolute atomic E-state index is 14.5. The van der Waals surface area contributed by atoms with Crippen molar-refractivity contribution >= 4 is 29.2 Å². The number of hydrogen-bond donors (Lipinski definition) is 2. The number of fused-ring (bicyclic) bond motifs is 3. The Hall–Kier alpha value is -4.26. The highest BCUT2D eigenvalue weighted by Gasteiger charge is 2.53. The fraction of sp³-hybridized carbons (Fsp3) is 0.731. The Balaban J connectivity index is 1.46. The first-order valence-corrected chi connectivity index (χ1v) is 25.0. The standard InChI is InChI=1S/C52H79N5O12/c1-31-16-12-11-13-17-32(2)43(65-8)28-39-21-19-37(7)52(64,69-39)49(61)50(62)56-23-15-14-18-41(56)51(63)68-44(34(4)26-38-20-22-40(45(27-38)66-9)57-30-53-54-55-57)29-42(58)33(3)25-36(6)47(60)48(67-10)46(59)35(5)24-31/h11-13,16-17,25,30-31,33-35,37-41,43-45,47-48,60,64H,14-15,18-24,26-29H2,1-10H3/b13-11+,16-12+,32-17+,36-25+/t31-,33?,34-,35?,37?,38?,39+,40?,41?,43+,44+,45?,47-,48?,52?/m1/s1. The summed E-state index contributed by atoms with van der Waals surface area (Å²) in [7, 11) is 4.62. The van der Waals surface area contributed by atoms with E-state index in [2.05, 4.69) is 15.5 Å². The number of esters is 1. The van der Waals surface area contributed by atoms with Crippen molar-refractivity contribution in [2.75, 3.05) is 27.9 Å². The Kier molecular flexibility index (Phi) is 20.8. The highest BCUT2D eigenvalue weighted by molar-refractivity contribution is 6.39. The van der Waals surface area contributed by atoms with Gasteiger partial charge in [-0.3, -0.25) is 19.2 Å². The molecule has 2 bridgehead atoms. The molecule has 0 spiro atoms. The van der Waals surface area contributed by atoms with Gasteiger partial charge in [0.1, 0.15) is 36.5 Å². The van der Waals surface area contributed by atoms with Gasteiger partial charge < -0.3 is 38.8 Å². The van der Waals surface area contributed by atoms with Gasteiger partial charge in [0.2, 0.25) is 5.79 Å². The Morgan fingerprint density at radius 3 is 2.32 bits per heavy atom. The van der Waals surface area contributed by atoms with Crippen LogP contribution in [0.4, 0.5) is 0 Å². The number of ketones is 3. The van der Waals surface area contributed by atoms with Crippen molar-refractivity contribution in [2.24, 2.45) is 35.5 Å². The second-order valence-electron chi connectivity index (χ2n) is 20.4. The SMILES string of the molecule is COC1CC(C[C@@H](C)[C@@H]2CC(=O)C(C)/C=C(\C)[C@@H](O)C(OC)C(=O)C(C)C[C@H](C)/C=C/C=C/C=C(\C)[C@@H](OC)C[C@@H]3CCC(C)C(O)(O3)C(=O)C(=O)N3CCCCC3C(=O)O2)CCC1n1cnnn1. The zero-order valence-electron chi connectivity index (χ0n) is 42.5. The van der Waals surface area contributed by atoms with E-state index in [0.717, 1.165) is 18.4 Å². The molecule has 1 saturated carbocycles. The van der Waals surface area contributed by atoms with Crippen LogP contribution in [0.25, 0.3) is 0 Å². The van der Waals surface area contributed by atoms with E-state index in [1.165, 1.54) is 12.0 Å². The van der Waals surface area contributed by atoms with Crippen LogP contribution >= 0.6 is 0 Å². The van der Waals surface area contributed by atoms with Crippen molar-refractivity contribution in [1.82, 2.24) is 25.1 Å². The van der Waals surface area contributed by atoms with Crippen molar-refractivity contribution < 1.29 is 57.9 Å². The molecule has 4 heterocycles. The number of aliphatic hydroxyl groups is 2. The first-order valence-electron chi connectivity index (χ1n) is 25.0. The molecule has 1 amide bonds. The predicted octanol–water partition coefficient (Wildman–Crippen LogP) is 6.05. The van der Waals surface area contributed by atoms with Gasteiger partial charge in [0.05, 0.1) is 24.4 Å². The molecule has 0 aromatic carbocycles. The van der Waals surface area contributed by atoms with Crippen LogP contribution in [0.2, 0.25) is 0 Å². The summed E-state index contributed by atoms with van der Waals surface area (Å²) in [5.41, 5.74) is 1.27. The summed E-state index contributed by atoms with van der Waals surface area (Å²) >= 11 is 0. The average Bonchev–Trinajstić information content (AvgIpc) is 3.88. The molecule has 4 aliphatic rings. The van der Waals surface area contributed by atoms with E-state index in [-0.39, 0.29) is 60.9 Å². The third-order valence-electron chi connectivity index (χ3n) is 15.2. The van der Waals surface area contributed by atoms with Crippen LogP contribution in [0.1, 0.15) is 132 Å². The largest absolute Gasteiger partial charge is 0.460 e. The van der Waals surface area contributed by atoms with Gasteiger partial charge in [-0.25, -0.2) is 9.48 Å². The first kappa shape index (κ1) is 55.7. The van der Waals surface area contributed by atoms with Gasteiger partial charge in [0.25, 0.3) is 11.7 Å². The molecule has 9 unspecified atom stereocenters. The number of aromatic nitrogens is 4. The Morgan fingerprint density at radius 2 is 1.64 bits per heavy atom. The Bertz CT molecular complexity index is 2020. The van der Waals surface area contributed by atoms with Gasteiger partial charge in [-0.05, 0) is 117 Å². The molecule has 384 valence electrons. The molecule has 1 aliphatic carbocycles. The third kappa shape index (κ3) is 14.2. The number of ether oxygens (including phenoxy) is 5. The summed E-state index contributed by atoms with van der Waals surface area (Å²) < 4.78 is 31.6. The molecule has 15 atom stereocenters. The van der Waals surface area contributed by atoms with E-state index in [4.69, 9.17) is 23.7 Å². The normalized spacial score (nSPS) is 38.8. The molecule has 5 rings (SSSR count). The molecule has 17 heteroatoms. The number of allylic oxidation sites excluding steroid dienone is 6. The number of carbonyl (C=O) groups is 5. The van der Waals surface area contributed by atoms with Crippen LogP contribution in [0.15, 0.2) is 53.9 Å². The average molecular weight is 966 g/mol. The minimum Gasteiger partial charge on any atom is -0.460 e. The smallest absolute Gasteiger partial charge is 0.329 e. The maximum atomic E-state index is 14.5. The van der Waals surface area contributed by atoms with Gasteiger partial charge in [-0.15, -0.1) is 5.10 Å². The quantitative estimate of drug-likeness (QED) is 0.181. The van der Waals surface area contributed by atoms with Crippen LogP contribution in [0, 0.1) is 35.5 Å². The minimum absolute atomic E-state index is 0.0170. The molecule has 1 aromatic rings. The summed E-state index contributed by atoms with van der Waals surface area (Å²) in [6, 6.07) is -1.19. The highest BCUT2D eigenvalue weighted by atomic mass is 16.6. The predicted molar refractivity (Wildman–Crippen MR) is 256 cm³/mol. The van der Waals surface area contributed by atoms with E-state index < -0.39 is 77.8 Å². The summed E-state index contributed by atoms with van der Waals surface area (Å²) in [5, 5.41) is 35.2. The van der Waals surface area contributed by atoms with Crippen LogP contribution in [-0.2, 0) is 47.7 Å². The summed E-state index contributed by atoms with van der Waals surface area (Å²) in [6.45, 7) is 12.8. The number of carbonyl (C=O) groups excluding carboxylic acids is 5. The minimum atomic E-state index is -2.43. The molecule has 2 N–H and O–H groups in total. The number of amides is 1. The fourth-order valence-corrected chi connectivity index (χ4v) is 10.7. The second-order valence-corrected chi connectivity index (χ2v) is 20.4. The number of nitrogens with zero attached hydrogens (tertiary/aromatic N) is 5. The van der Waals surface area contributed by atoms with Gasteiger partial charge in [-0.2, -0.15) is 0 Å². The van der Waals surface area contributed by atoms with Crippen LogP contribution < -0.4 is 0 Å². The molecule has 2 saturated heterocycles. The topological polar surface area (TPSA) is 219 Å². The van der Waals surface area contributed by atoms with Crippen molar-refractivity contribution in [2.45, 2.75) is 180 Å². The van der Waals surface area contributed by atoms with E-state index in [9.17, 15) is 34.2 Å². The molecule has 17 nitrogen and oxygen atoms in total. The number of cyclic esters (lactones) is 1. The van der Waals surface area contributed by atoms with Gasteiger partial charge in [0.15, 0.2) is 5.78 Å². The van der Waals surface area contributed by atoms with Crippen molar-refractivity contribution in [3.05, 3.63) is 53.9 Å². The second kappa shape index (κ2) is 25.7. The van der Waals surface area contributed by atoms with E-state index in [0.29, 0.717) is 56.9 Å². The number of rotatable bonds is 7. The monoisotopic (exact) mass is 966 g/mol. The summed E-state index contributed by atoms with van der Waals surface area (Å²) in [5.74, 6) is -7.92. The number of Topliss-reactive ketones (excluding diaryl/α,β-unsaturated/α-hetero) is 3. The molecule has 1 aromatic heterocycles. The van der Waals surface area contributed by atoms with Crippen LogP contribution in [-0.4, -0.2) is 141 Å². The highest BCUT2D eigenvalue weighted by Crippen LogP contribution is 2.39. The number of tetrazole rings is 1. The number of hydrogen-bond acceptors (Lipinski definition) is 15. The summed E-state index contributed by atoms with van der Waals surface area (Å²) in [6.07, 6.45) is 13.9. The van der Waals surface area contributed by atoms with Gasteiger partial charge in [-0.1, -0.05) is 71.1 Å². The van der Waals surface area contributed by atoms with Crippen LogP contribution in [0.3, 0.4) is 0 Å². The lowest BCUT2D eigenvalue weighted by atomic mass is 9.77. The molecule has 69 heavy (non-hydrogen) atoms. The molecule has 3 aliphatic heterocycles. The number of aliphatic hydroxyl groups excluding tert-OH is 1. The van der Waals surface area contributed by atoms with E-state index in [1.54, 1.807) is 52.1 Å². The fourth-order valence-electron chi connectivity index (χ4n) is 10.7. The number of methoxy groups -OCH3 is 3. The van der Waals surface area contributed by atoms with Gasteiger partial charge in [0, 0.05) is 58.5 Å². The van der Waals surface area contributed by atoms with Gasteiger partial charge >= 0.3 is 5.97 Å². The van der Waals surface area contributed by atoms with E-state index in [1.807, 2.05) is 58.1 Å². The molecule has 3 fully saturated rings. The third-order valence-corrected chi connectivity index (χ3v) is 15.2.